The van der Waals surface area contributed by atoms with Gasteiger partial charge in [-0.2, -0.15) is 11.8 Å². The van der Waals surface area contributed by atoms with Crippen molar-refractivity contribution in [2.24, 2.45) is 0 Å². The lowest BCUT2D eigenvalue weighted by atomic mass is 9.85. The van der Waals surface area contributed by atoms with E-state index in [1.165, 1.54) is 61.2 Å². The molecule has 0 aromatic heterocycles. The summed E-state index contributed by atoms with van der Waals surface area (Å²) in [4.78, 5) is 0. The van der Waals surface area contributed by atoms with Crippen LogP contribution < -0.4 is 0 Å². The SMILES string of the molecule is CC.CC(CCCCSCCCCC(C)(OC1CCCCO1)c1ccccc1)(OC1CCCCO1)C1=CC=CCC1. The number of ether oxygens (including phenoxy) is 4. The maximum atomic E-state index is 6.65. The quantitative estimate of drug-likeness (QED) is 0.180. The highest BCUT2D eigenvalue weighted by Gasteiger charge is 2.34. The van der Waals surface area contributed by atoms with Crippen LogP contribution in [0.2, 0.25) is 0 Å². The van der Waals surface area contributed by atoms with Gasteiger partial charge in [0.15, 0.2) is 12.6 Å². The summed E-state index contributed by atoms with van der Waals surface area (Å²) in [5.74, 6) is 2.43. The molecule has 2 aliphatic heterocycles. The lowest BCUT2D eigenvalue weighted by Gasteiger charge is -2.38. The zero-order chi connectivity index (χ0) is 29.2. The smallest absolute Gasteiger partial charge is 0.158 e. The van der Waals surface area contributed by atoms with Crippen LogP contribution in [0.5, 0.6) is 0 Å². The van der Waals surface area contributed by atoms with E-state index < -0.39 is 0 Å². The molecule has 2 heterocycles. The van der Waals surface area contributed by atoms with Crippen LogP contribution in [0, 0.1) is 0 Å². The van der Waals surface area contributed by atoms with Crippen LogP contribution in [0.3, 0.4) is 0 Å². The highest BCUT2D eigenvalue weighted by molar-refractivity contribution is 7.99. The minimum atomic E-state index is -0.288. The maximum absolute atomic E-state index is 6.65. The summed E-state index contributed by atoms with van der Waals surface area (Å²) in [6.45, 7) is 10.2. The van der Waals surface area contributed by atoms with Crippen molar-refractivity contribution in [1.82, 2.24) is 0 Å². The predicted molar refractivity (Wildman–Crippen MR) is 174 cm³/mol. The average Bonchev–Trinajstić information content (AvgIpc) is 3.03. The van der Waals surface area contributed by atoms with E-state index in [0.29, 0.717) is 0 Å². The molecule has 1 aliphatic carbocycles. The Morgan fingerprint density at radius 2 is 1.37 bits per heavy atom. The van der Waals surface area contributed by atoms with Crippen molar-refractivity contribution >= 4 is 11.8 Å². The van der Waals surface area contributed by atoms with E-state index in [2.05, 4.69) is 74.2 Å². The number of unbranched alkanes of at least 4 members (excludes halogenated alkanes) is 2. The molecule has 0 radical (unpaired) electrons. The normalized spacial score (nSPS) is 24.0. The predicted octanol–water partition coefficient (Wildman–Crippen LogP) is 10.1. The van der Waals surface area contributed by atoms with Crippen molar-refractivity contribution < 1.29 is 18.9 Å². The van der Waals surface area contributed by atoms with Crippen LogP contribution in [0.25, 0.3) is 0 Å². The van der Waals surface area contributed by atoms with Crippen molar-refractivity contribution in [2.45, 2.75) is 141 Å². The molecule has 4 nitrogen and oxygen atoms in total. The van der Waals surface area contributed by atoms with Crippen molar-refractivity contribution in [3.8, 4) is 0 Å². The molecular weight excluding hydrogens is 528 g/mol. The molecule has 0 N–H and O–H groups in total. The topological polar surface area (TPSA) is 36.9 Å². The van der Waals surface area contributed by atoms with Gasteiger partial charge in [-0.15, -0.1) is 0 Å². The van der Waals surface area contributed by atoms with Gasteiger partial charge in [0, 0.05) is 13.2 Å². The fourth-order valence-corrected chi connectivity index (χ4v) is 7.04. The molecule has 1 aromatic rings. The molecule has 41 heavy (non-hydrogen) atoms. The van der Waals surface area contributed by atoms with E-state index in [9.17, 15) is 0 Å². The summed E-state index contributed by atoms with van der Waals surface area (Å²) in [5.41, 5.74) is 2.21. The third-order valence-corrected chi connectivity index (χ3v) is 9.68. The zero-order valence-corrected chi connectivity index (χ0v) is 27.4. The van der Waals surface area contributed by atoms with E-state index in [1.807, 2.05) is 13.8 Å². The second-order valence-electron chi connectivity index (χ2n) is 11.8. The first-order valence-corrected chi connectivity index (χ1v) is 17.8. The second-order valence-corrected chi connectivity index (χ2v) is 13.1. The summed E-state index contributed by atoms with van der Waals surface area (Å²) in [5, 5.41) is 0. The molecule has 2 saturated heterocycles. The molecule has 2 fully saturated rings. The number of hydrogen-bond acceptors (Lipinski definition) is 5. The van der Waals surface area contributed by atoms with Gasteiger partial charge in [-0.05, 0) is 126 Å². The van der Waals surface area contributed by atoms with Crippen LogP contribution in [-0.4, -0.2) is 42.9 Å². The highest BCUT2D eigenvalue weighted by Crippen LogP contribution is 2.36. The molecule has 4 atom stereocenters. The van der Waals surface area contributed by atoms with Crippen LogP contribution >= 0.6 is 11.8 Å². The monoisotopic (exact) mass is 586 g/mol. The number of allylic oxidation sites excluding steroid dienone is 3. The van der Waals surface area contributed by atoms with Crippen molar-refractivity contribution in [1.29, 1.82) is 0 Å². The molecule has 4 rings (SSSR count). The minimum absolute atomic E-state index is 0.0415. The Morgan fingerprint density at radius 1 is 0.780 bits per heavy atom. The molecule has 4 unspecified atom stereocenters. The average molecular weight is 587 g/mol. The lowest BCUT2D eigenvalue weighted by molar-refractivity contribution is -0.226. The molecule has 0 spiro atoms. The van der Waals surface area contributed by atoms with Gasteiger partial charge in [0.1, 0.15) is 0 Å². The van der Waals surface area contributed by atoms with Gasteiger partial charge in [-0.25, -0.2) is 0 Å². The lowest BCUT2D eigenvalue weighted by Crippen LogP contribution is -2.38. The van der Waals surface area contributed by atoms with E-state index >= 15 is 0 Å². The van der Waals surface area contributed by atoms with Gasteiger partial charge >= 0.3 is 0 Å². The van der Waals surface area contributed by atoms with E-state index in [1.54, 1.807) is 0 Å². The molecule has 0 saturated carbocycles. The zero-order valence-electron chi connectivity index (χ0n) is 26.5. The van der Waals surface area contributed by atoms with Crippen LogP contribution in [-0.2, 0) is 24.5 Å². The fraction of sp³-hybridized carbons (Fsp3) is 0.722. The number of hydrogen-bond donors (Lipinski definition) is 0. The van der Waals surface area contributed by atoms with Gasteiger partial charge in [-0.3, -0.25) is 0 Å². The fourth-order valence-electron chi connectivity index (χ4n) is 6.02. The van der Waals surface area contributed by atoms with Gasteiger partial charge in [-0.1, -0.05) is 62.4 Å². The first-order chi connectivity index (χ1) is 20.1. The first-order valence-electron chi connectivity index (χ1n) is 16.7. The molecule has 3 aliphatic rings. The van der Waals surface area contributed by atoms with Crippen molar-refractivity contribution in [3.05, 3.63) is 59.7 Å². The van der Waals surface area contributed by atoms with Crippen molar-refractivity contribution in [3.63, 3.8) is 0 Å². The standard InChI is InChI=1S/C34H52O4S.C2H6/c1-33(29-17-5-3-6-18-29,37-31-21-9-13-25-35-31)23-11-15-27-39-28-16-12-24-34(2,30-19-7-4-8-20-30)38-32-22-10-14-26-36-32;1-2/h3-7,17-19,31-32H,8-16,20-28H2,1-2H3;1-2H3. The highest BCUT2D eigenvalue weighted by atomic mass is 32.2. The Bertz CT molecular complexity index is 875. The summed E-state index contributed by atoms with van der Waals surface area (Å²) in [7, 11) is 0. The molecule has 0 amide bonds. The third-order valence-electron chi connectivity index (χ3n) is 8.52. The molecular formula is C36H58O4S. The molecule has 1 aromatic carbocycles. The Kier molecular flexibility index (Phi) is 16.1. The number of benzene rings is 1. The number of thioether (sulfide) groups is 1. The Hall–Kier alpha value is -1.11. The minimum Gasteiger partial charge on any atom is -0.353 e. The Labute approximate surface area is 256 Å². The first kappa shape index (κ1) is 34.4. The maximum Gasteiger partial charge on any atom is 0.158 e. The van der Waals surface area contributed by atoms with Crippen LogP contribution in [0.15, 0.2) is 54.1 Å². The second kappa shape index (κ2) is 19.2. The van der Waals surface area contributed by atoms with E-state index in [0.717, 1.165) is 64.6 Å². The third kappa shape index (κ3) is 11.8. The Morgan fingerprint density at radius 3 is 1.90 bits per heavy atom. The Balaban J connectivity index is 0.00000226. The molecule has 0 bridgehead atoms. The largest absolute Gasteiger partial charge is 0.353 e. The summed E-state index contributed by atoms with van der Waals surface area (Å²) in [6.07, 6.45) is 22.5. The van der Waals surface area contributed by atoms with Gasteiger partial charge in [0.25, 0.3) is 0 Å². The molecule has 5 heteroatoms. The van der Waals surface area contributed by atoms with Crippen LogP contribution in [0.1, 0.15) is 123 Å². The summed E-state index contributed by atoms with van der Waals surface area (Å²) < 4.78 is 25.1. The van der Waals surface area contributed by atoms with Crippen molar-refractivity contribution in [2.75, 3.05) is 24.7 Å². The van der Waals surface area contributed by atoms with Crippen LogP contribution in [0.4, 0.5) is 0 Å². The molecule has 232 valence electrons. The van der Waals surface area contributed by atoms with E-state index in [4.69, 9.17) is 18.9 Å². The van der Waals surface area contributed by atoms with E-state index in [-0.39, 0.29) is 23.8 Å². The number of rotatable bonds is 16. The summed E-state index contributed by atoms with van der Waals surface area (Å²) in [6, 6.07) is 10.7. The van der Waals surface area contributed by atoms with Gasteiger partial charge in [0.05, 0.1) is 11.2 Å². The van der Waals surface area contributed by atoms with Gasteiger partial charge < -0.3 is 18.9 Å². The summed E-state index contributed by atoms with van der Waals surface area (Å²) >= 11 is 2.10. The van der Waals surface area contributed by atoms with Gasteiger partial charge in [0.2, 0.25) is 0 Å².